The van der Waals surface area contributed by atoms with Gasteiger partial charge in [-0.3, -0.25) is 9.59 Å². The fourth-order valence-electron chi connectivity index (χ4n) is 3.09. The number of rotatable bonds is 8. The number of anilines is 1. The maximum Gasteiger partial charge on any atom is 0.243 e. The van der Waals surface area contributed by atoms with E-state index < -0.39 is 6.04 Å². The summed E-state index contributed by atoms with van der Waals surface area (Å²) in [5.41, 5.74) is 0.956. The first-order valence-electron chi connectivity index (χ1n) is 9.63. The van der Waals surface area contributed by atoms with E-state index in [0.717, 1.165) is 24.5 Å². The Hall–Kier alpha value is -2.11. The highest BCUT2D eigenvalue weighted by molar-refractivity contribution is 5.87. The Labute approximate surface area is 156 Å². The van der Waals surface area contributed by atoms with Crippen LogP contribution in [-0.2, 0) is 16.1 Å². The third kappa shape index (κ3) is 6.00. The summed E-state index contributed by atoms with van der Waals surface area (Å²) in [7, 11) is 0. The Balaban J connectivity index is 1.87. The number of nitrogens with one attached hydrogen (secondary N) is 2. The fourth-order valence-corrected chi connectivity index (χ4v) is 3.09. The predicted octanol–water partition coefficient (Wildman–Crippen LogP) is 2.48. The van der Waals surface area contributed by atoms with Crippen LogP contribution in [0, 0.1) is 11.8 Å². The van der Waals surface area contributed by atoms with Crippen LogP contribution >= 0.6 is 0 Å². The number of aromatic nitrogens is 1. The van der Waals surface area contributed by atoms with Gasteiger partial charge in [-0.1, -0.05) is 33.8 Å². The van der Waals surface area contributed by atoms with Crippen LogP contribution in [0.2, 0.25) is 0 Å². The lowest BCUT2D eigenvalue weighted by Crippen LogP contribution is -2.49. The maximum atomic E-state index is 12.5. The molecule has 1 aliphatic heterocycles. The van der Waals surface area contributed by atoms with Gasteiger partial charge < -0.3 is 15.5 Å². The molecular weight excluding hydrogens is 328 g/mol. The van der Waals surface area contributed by atoms with Crippen molar-refractivity contribution in [2.75, 3.05) is 18.0 Å². The molecule has 144 valence electrons. The smallest absolute Gasteiger partial charge is 0.243 e. The van der Waals surface area contributed by atoms with Crippen molar-refractivity contribution >= 4 is 17.6 Å². The summed E-state index contributed by atoms with van der Waals surface area (Å²) in [4.78, 5) is 31.3. The number of nitrogens with zero attached hydrogens (tertiary/aromatic N) is 2. The molecule has 6 heteroatoms. The van der Waals surface area contributed by atoms with Crippen molar-refractivity contribution in [2.24, 2.45) is 11.8 Å². The normalized spacial score (nSPS) is 15.4. The van der Waals surface area contributed by atoms with Crippen molar-refractivity contribution in [1.82, 2.24) is 15.6 Å². The quantitative estimate of drug-likeness (QED) is 0.747. The predicted molar refractivity (Wildman–Crippen MR) is 104 cm³/mol. The van der Waals surface area contributed by atoms with Crippen molar-refractivity contribution in [3.05, 3.63) is 23.9 Å². The number of carbonyl (C=O) groups excluding carboxylic acids is 2. The third-order valence-corrected chi connectivity index (χ3v) is 4.57. The van der Waals surface area contributed by atoms with Crippen molar-refractivity contribution in [1.29, 1.82) is 0 Å². The molecule has 2 heterocycles. The molecular formula is C20H32N4O2. The lowest BCUT2D eigenvalue weighted by atomic mass is 10.0. The third-order valence-electron chi connectivity index (χ3n) is 4.57. The molecule has 0 radical (unpaired) electrons. The summed E-state index contributed by atoms with van der Waals surface area (Å²) in [6.45, 7) is 10.4. The highest BCUT2D eigenvalue weighted by Crippen LogP contribution is 2.17. The van der Waals surface area contributed by atoms with Crippen molar-refractivity contribution < 1.29 is 9.59 Å². The second kappa shape index (κ2) is 9.55. The molecule has 2 N–H and O–H groups in total. The van der Waals surface area contributed by atoms with E-state index in [0.29, 0.717) is 13.0 Å². The molecule has 0 bridgehead atoms. The van der Waals surface area contributed by atoms with E-state index in [-0.39, 0.29) is 23.7 Å². The molecule has 1 aromatic rings. The summed E-state index contributed by atoms with van der Waals surface area (Å²) in [5, 5.41) is 5.78. The number of hydrogen-bond acceptors (Lipinski definition) is 4. The van der Waals surface area contributed by atoms with Gasteiger partial charge in [-0.05, 0) is 36.3 Å². The Kier molecular flexibility index (Phi) is 7.42. The molecule has 0 aromatic carbocycles. The zero-order chi connectivity index (χ0) is 19.1. The molecule has 0 saturated carbocycles. The summed E-state index contributed by atoms with van der Waals surface area (Å²) in [6.07, 6.45) is 4.69. The van der Waals surface area contributed by atoms with Crippen molar-refractivity contribution in [3.63, 3.8) is 0 Å². The average Bonchev–Trinajstić information content (AvgIpc) is 3.11. The van der Waals surface area contributed by atoms with Crippen molar-refractivity contribution in [3.8, 4) is 0 Å². The second-order valence-electron chi connectivity index (χ2n) is 7.82. The van der Waals surface area contributed by atoms with Gasteiger partial charge in [0, 0.05) is 32.3 Å². The van der Waals surface area contributed by atoms with Gasteiger partial charge in [-0.2, -0.15) is 0 Å². The minimum atomic E-state index is -0.516. The maximum absolute atomic E-state index is 12.5. The summed E-state index contributed by atoms with van der Waals surface area (Å²) >= 11 is 0. The van der Waals surface area contributed by atoms with E-state index in [1.54, 1.807) is 0 Å². The van der Waals surface area contributed by atoms with Gasteiger partial charge in [0.2, 0.25) is 11.8 Å². The number of hydrogen-bond donors (Lipinski definition) is 2. The molecule has 6 nitrogen and oxygen atoms in total. The molecule has 1 atom stereocenters. The van der Waals surface area contributed by atoms with E-state index in [1.807, 2.05) is 46.0 Å². The molecule has 1 aliphatic rings. The number of carbonyl (C=O) groups is 2. The Bertz CT molecular complexity index is 592. The van der Waals surface area contributed by atoms with Crippen LogP contribution in [0.15, 0.2) is 18.3 Å². The number of pyridine rings is 1. The van der Waals surface area contributed by atoms with Crippen LogP contribution in [0.1, 0.15) is 52.5 Å². The van der Waals surface area contributed by atoms with E-state index in [2.05, 4.69) is 20.5 Å². The van der Waals surface area contributed by atoms with Gasteiger partial charge in [-0.25, -0.2) is 4.98 Å². The van der Waals surface area contributed by atoms with Crippen LogP contribution in [0.25, 0.3) is 0 Å². The zero-order valence-electron chi connectivity index (χ0n) is 16.4. The van der Waals surface area contributed by atoms with Gasteiger partial charge in [0.15, 0.2) is 0 Å². The molecule has 2 amide bonds. The lowest BCUT2D eigenvalue weighted by Gasteiger charge is -2.22. The Morgan fingerprint density at radius 1 is 1.15 bits per heavy atom. The van der Waals surface area contributed by atoms with Crippen LogP contribution in [-0.4, -0.2) is 35.9 Å². The minimum Gasteiger partial charge on any atom is -0.357 e. The molecule has 1 unspecified atom stereocenters. The van der Waals surface area contributed by atoms with Gasteiger partial charge in [0.25, 0.3) is 0 Å². The summed E-state index contributed by atoms with van der Waals surface area (Å²) < 4.78 is 0. The topological polar surface area (TPSA) is 74.3 Å². The van der Waals surface area contributed by atoms with E-state index in [1.165, 1.54) is 12.8 Å². The van der Waals surface area contributed by atoms with Gasteiger partial charge >= 0.3 is 0 Å². The molecule has 1 aromatic heterocycles. The van der Waals surface area contributed by atoms with E-state index in [9.17, 15) is 9.59 Å². The molecule has 26 heavy (non-hydrogen) atoms. The van der Waals surface area contributed by atoms with E-state index in [4.69, 9.17) is 0 Å². The molecule has 1 saturated heterocycles. The molecule has 2 rings (SSSR count). The molecule has 0 spiro atoms. The van der Waals surface area contributed by atoms with Gasteiger partial charge in [0.1, 0.15) is 11.9 Å². The standard InChI is InChI=1S/C20H32N4O2/c1-14(2)11-18(25)23-19(15(3)4)20(26)22-13-16-7-8-17(21-12-16)24-9-5-6-10-24/h7-8,12,14-15,19H,5-6,9-11,13H2,1-4H3,(H,22,26)(H,23,25). The number of amides is 2. The van der Waals surface area contributed by atoms with Crippen LogP contribution in [0.3, 0.4) is 0 Å². The zero-order valence-corrected chi connectivity index (χ0v) is 16.4. The Morgan fingerprint density at radius 2 is 1.85 bits per heavy atom. The lowest BCUT2D eigenvalue weighted by molar-refractivity contribution is -0.130. The average molecular weight is 361 g/mol. The summed E-state index contributed by atoms with van der Waals surface area (Å²) in [5.74, 6) is 1.07. The minimum absolute atomic E-state index is 0.0294. The molecule has 0 aliphatic carbocycles. The molecule has 1 fully saturated rings. The second-order valence-corrected chi connectivity index (χ2v) is 7.82. The first kappa shape index (κ1) is 20.2. The van der Waals surface area contributed by atoms with Crippen LogP contribution in [0.4, 0.5) is 5.82 Å². The van der Waals surface area contributed by atoms with Crippen LogP contribution in [0.5, 0.6) is 0 Å². The SMILES string of the molecule is CC(C)CC(=O)NC(C(=O)NCc1ccc(N2CCCC2)nc1)C(C)C. The van der Waals surface area contributed by atoms with Gasteiger partial charge in [0.05, 0.1) is 0 Å². The summed E-state index contributed by atoms with van der Waals surface area (Å²) in [6, 6.07) is 3.50. The largest absolute Gasteiger partial charge is 0.357 e. The fraction of sp³-hybridized carbons (Fsp3) is 0.650. The van der Waals surface area contributed by atoms with E-state index >= 15 is 0 Å². The first-order valence-corrected chi connectivity index (χ1v) is 9.63. The highest BCUT2D eigenvalue weighted by Gasteiger charge is 2.24. The van der Waals surface area contributed by atoms with Crippen LogP contribution < -0.4 is 15.5 Å². The Morgan fingerprint density at radius 3 is 2.38 bits per heavy atom. The first-order chi connectivity index (χ1) is 12.4. The highest BCUT2D eigenvalue weighted by atomic mass is 16.2. The monoisotopic (exact) mass is 360 g/mol. The van der Waals surface area contributed by atoms with Crippen molar-refractivity contribution in [2.45, 2.75) is 59.5 Å². The van der Waals surface area contributed by atoms with Gasteiger partial charge in [-0.15, -0.1) is 0 Å².